The molecule has 2 rings (SSSR count). The number of thiocarbonyl (C=S) groups is 1. The fourth-order valence-corrected chi connectivity index (χ4v) is 2.93. The molecular formula is C18H18Cl2N2O3S. The zero-order chi connectivity index (χ0) is 19.1. The van der Waals surface area contributed by atoms with Crippen LogP contribution in [-0.2, 0) is 6.42 Å². The fourth-order valence-electron chi connectivity index (χ4n) is 2.24. The van der Waals surface area contributed by atoms with E-state index in [0.717, 1.165) is 5.56 Å². The molecule has 0 unspecified atom stereocenters. The van der Waals surface area contributed by atoms with Crippen LogP contribution in [0.4, 0.5) is 0 Å². The maximum atomic E-state index is 12.2. The van der Waals surface area contributed by atoms with Crippen LogP contribution < -0.4 is 20.1 Å². The number of halogens is 2. The Bertz CT molecular complexity index is 815. The van der Waals surface area contributed by atoms with Crippen molar-refractivity contribution in [1.29, 1.82) is 0 Å². The van der Waals surface area contributed by atoms with E-state index >= 15 is 0 Å². The third-order valence-electron chi connectivity index (χ3n) is 3.55. The molecule has 0 fully saturated rings. The summed E-state index contributed by atoms with van der Waals surface area (Å²) in [5, 5.41) is 6.53. The zero-order valence-electron chi connectivity index (χ0n) is 14.3. The summed E-state index contributed by atoms with van der Waals surface area (Å²) >= 11 is 17.0. The van der Waals surface area contributed by atoms with Crippen molar-refractivity contribution in [1.82, 2.24) is 10.6 Å². The molecule has 0 saturated heterocycles. The Hall–Kier alpha value is -2.02. The summed E-state index contributed by atoms with van der Waals surface area (Å²) in [4.78, 5) is 12.2. The van der Waals surface area contributed by atoms with E-state index < -0.39 is 5.91 Å². The molecule has 2 aromatic carbocycles. The third-order valence-corrected chi connectivity index (χ3v) is 4.34. The average molecular weight is 413 g/mol. The summed E-state index contributed by atoms with van der Waals surface area (Å²) in [6.07, 6.45) is 0.693. The van der Waals surface area contributed by atoms with Crippen LogP contribution in [0.15, 0.2) is 36.4 Å². The fraction of sp³-hybridized carbons (Fsp3) is 0.222. The predicted octanol–water partition coefficient (Wildman–Crippen LogP) is 3.86. The lowest BCUT2D eigenvalue weighted by atomic mass is 10.1. The smallest absolute Gasteiger partial charge is 0.258 e. The Kier molecular flexibility index (Phi) is 7.50. The van der Waals surface area contributed by atoms with Crippen molar-refractivity contribution < 1.29 is 14.3 Å². The number of nitrogens with one attached hydrogen (secondary N) is 2. The van der Waals surface area contributed by atoms with Gasteiger partial charge in [0.2, 0.25) is 0 Å². The van der Waals surface area contributed by atoms with Gasteiger partial charge >= 0.3 is 0 Å². The molecule has 0 aliphatic heterocycles. The largest absolute Gasteiger partial charge is 0.493 e. The van der Waals surface area contributed by atoms with Crippen molar-refractivity contribution in [3.8, 4) is 11.5 Å². The van der Waals surface area contributed by atoms with Gasteiger partial charge in [-0.1, -0.05) is 29.3 Å². The lowest BCUT2D eigenvalue weighted by molar-refractivity contribution is 0.0977. The van der Waals surface area contributed by atoms with Gasteiger partial charge < -0.3 is 14.8 Å². The molecule has 0 aliphatic rings. The van der Waals surface area contributed by atoms with Gasteiger partial charge in [0.1, 0.15) is 0 Å². The molecule has 0 aliphatic carbocycles. The van der Waals surface area contributed by atoms with E-state index in [0.29, 0.717) is 35.1 Å². The van der Waals surface area contributed by atoms with Crippen molar-refractivity contribution in [3.05, 3.63) is 57.6 Å². The molecule has 138 valence electrons. The predicted molar refractivity (Wildman–Crippen MR) is 108 cm³/mol. The monoisotopic (exact) mass is 412 g/mol. The first kappa shape index (κ1) is 20.3. The SMILES string of the molecule is COc1ccc(CCNC(=S)NC(=O)c2ccc(Cl)cc2Cl)cc1OC. The number of rotatable bonds is 6. The van der Waals surface area contributed by atoms with E-state index in [4.69, 9.17) is 44.9 Å². The minimum Gasteiger partial charge on any atom is -0.493 e. The van der Waals surface area contributed by atoms with Crippen LogP contribution in [0.1, 0.15) is 15.9 Å². The Balaban J connectivity index is 1.86. The first-order valence-corrected chi connectivity index (χ1v) is 8.86. The third kappa shape index (κ3) is 5.49. The van der Waals surface area contributed by atoms with Crippen molar-refractivity contribution in [2.75, 3.05) is 20.8 Å². The Morgan fingerprint density at radius 3 is 2.46 bits per heavy atom. The normalized spacial score (nSPS) is 10.2. The highest BCUT2D eigenvalue weighted by molar-refractivity contribution is 7.80. The molecule has 0 aromatic heterocycles. The van der Waals surface area contributed by atoms with E-state index in [2.05, 4.69) is 10.6 Å². The zero-order valence-corrected chi connectivity index (χ0v) is 16.6. The number of methoxy groups -OCH3 is 2. The van der Waals surface area contributed by atoms with Crippen LogP contribution in [0.3, 0.4) is 0 Å². The molecule has 0 bridgehead atoms. The first-order chi connectivity index (χ1) is 12.4. The van der Waals surface area contributed by atoms with Crippen LogP contribution >= 0.6 is 35.4 Å². The second kappa shape index (κ2) is 9.62. The van der Waals surface area contributed by atoms with E-state index in [9.17, 15) is 4.79 Å². The highest BCUT2D eigenvalue weighted by atomic mass is 35.5. The Labute approximate surface area is 167 Å². The van der Waals surface area contributed by atoms with E-state index in [1.54, 1.807) is 26.4 Å². The molecule has 0 spiro atoms. The van der Waals surface area contributed by atoms with Gasteiger partial charge in [0.05, 0.1) is 24.8 Å². The lowest BCUT2D eigenvalue weighted by Gasteiger charge is -2.12. The van der Waals surface area contributed by atoms with Gasteiger partial charge in [0, 0.05) is 11.6 Å². The highest BCUT2D eigenvalue weighted by Crippen LogP contribution is 2.27. The maximum absolute atomic E-state index is 12.2. The van der Waals surface area contributed by atoms with Gasteiger partial charge in [-0.3, -0.25) is 10.1 Å². The van der Waals surface area contributed by atoms with Gasteiger partial charge in [-0.05, 0) is 54.5 Å². The maximum Gasteiger partial charge on any atom is 0.258 e. The quantitative estimate of drug-likeness (QED) is 0.705. The summed E-state index contributed by atoms with van der Waals surface area (Å²) in [7, 11) is 3.18. The summed E-state index contributed by atoms with van der Waals surface area (Å²) in [5.41, 5.74) is 1.35. The van der Waals surface area contributed by atoms with Crippen LogP contribution in [0, 0.1) is 0 Å². The number of benzene rings is 2. The highest BCUT2D eigenvalue weighted by Gasteiger charge is 2.12. The average Bonchev–Trinajstić information content (AvgIpc) is 2.61. The minimum atomic E-state index is -0.393. The van der Waals surface area contributed by atoms with Gasteiger partial charge in [-0.25, -0.2) is 0 Å². The Morgan fingerprint density at radius 1 is 1.08 bits per heavy atom. The molecule has 8 heteroatoms. The van der Waals surface area contributed by atoms with E-state index in [1.807, 2.05) is 18.2 Å². The molecule has 1 amide bonds. The molecule has 2 N–H and O–H groups in total. The van der Waals surface area contributed by atoms with Crippen molar-refractivity contribution >= 4 is 46.4 Å². The number of amides is 1. The first-order valence-electron chi connectivity index (χ1n) is 7.69. The second-order valence-electron chi connectivity index (χ2n) is 5.27. The van der Waals surface area contributed by atoms with Crippen molar-refractivity contribution in [2.45, 2.75) is 6.42 Å². The molecule has 5 nitrogen and oxygen atoms in total. The number of ether oxygens (including phenoxy) is 2. The molecule has 26 heavy (non-hydrogen) atoms. The van der Waals surface area contributed by atoms with Crippen LogP contribution in [0.2, 0.25) is 10.0 Å². The van der Waals surface area contributed by atoms with E-state index in [-0.39, 0.29) is 10.1 Å². The summed E-state index contributed by atoms with van der Waals surface area (Å²) in [5.74, 6) is 0.945. The van der Waals surface area contributed by atoms with Gasteiger partial charge in [0.15, 0.2) is 16.6 Å². The summed E-state index contributed by atoms with van der Waals surface area (Å²) < 4.78 is 10.5. The van der Waals surface area contributed by atoms with Crippen LogP contribution in [0.5, 0.6) is 11.5 Å². The van der Waals surface area contributed by atoms with Crippen LogP contribution in [-0.4, -0.2) is 31.8 Å². The summed E-state index contributed by atoms with van der Waals surface area (Å²) in [6, 6.07) is 10.3. The molecule has 0 saturated carbocycles. The van der Waals surface area contributed by atoms with E-state index in [1.165, 1.54) is 6.07 Å². The van der Waals surface area contributed by atoms with Crippen LogP contribution in [0.25, 0.3) is 0 Å². The minimum absolute atomic E-state index is 0.224. The molecule has 0 atom stereocenters. The Morgan fingerprint density at radius 2 is 1.81 bits per heavy atom. The standard InChI is InChI=1S/C18H18Cl2N2O3S/c1-24-15-6-3-11(9-16(15)25-2)7-8-21-18(26)22-17(23)13-5-4-12(19)10-14(13)20/h3-6,9-10H,7-8H2,1-2H3,(H2,21,22,23,26). The molecule has 2 aromatic rings. The number of hydrogen-bond donors (Lipinski definition) is 2. The lowest BCUT2D eigenvalue weighted by Crippen LogP contribution is -2.40. The van der Waals surface area contributed by atoms with Crippen molar-refractivity contribution in [2.24, 2.45) is 0 Å². The summed E-state index contributed by atoms with van der Waals surface area (Å²) in [6.45, 7) is 0.545. The number of carbonyl (C=O) groups is 1. The number of carbonyl (C=O) groups excluding carboxylic acids is 1. The molecule has 0 heterocycles. The second-order valence-corrected chi connectivity index (χ2v) is 6.53. The van der Waals surface area contributed by atoms with Gasteiger partial charge in [0.25, 0.3) is 5.91 Å². The number of hydrogen-bond acceptors (Lipinski definition) is 4. The van der Waals surface area contributed by atoms with Gasteiger partial charge in [-0.15, -0.1) is 0 Å². The van der Waals surface area contributed by atoms with Gasteiger partial charge in [-0.2, -0.15) is 0 Å². The molecular weight excluding hydrogens is 395 g/mol. The van der Waals surface area contributed by atoms with Crippen molar-refractivity contribution in [3.63, 3.8) is 0 Å². The molecule has 0 radical (unpaired) electrons. The topological polar surface area (TPSA) is 59.6 Å².